The molecule has 4 atom stereocenters. The van der Waals surface area contributed by atoms with Gasteiger partial charge >= 0.3 is 0 Å². The van der Waals surface area contributed by atoms with E-state index in [0.29, 0.717) is 30.7 Å². The Kier molecular flexibility index (Phi) is 5.92. The van der Waals surface area contributed by atoms with Crippen LogP contribution in [0.25, 0.3) is 10.8 Å². The van der Waals surface area contributed by atoms with Gasteiger partial charge in [0.2, 0.25) is 5.91 Å². The molecule has 1 aromatic carbocycles. The topological polar surface area (TPSA) is 87.2 Å². The second-order valence-corrected chi connectivity index (χ2v) is 11.3. The highest BCUT2D eigenvalue weighted by Gasteiger charge is 2.58. The molecule has 4 fully saturated rings. The molecule has 1 aliphatic carbocycles. The highest BCUT2D eigenvalue weighted by molar-refractivity contribution is 6.34. The van der Waals surface area contributed by atoms with Crippen molar-refractivity contribution in [2.24, 2.45) is 11.3 Å². The molecule has 3 aliphatic heterocycles. The van der Waals surface area contributed by atoms with Gasteiger partial charge < -0.3 is 24.8 Å². The van der Waals surface area contributed by atoms with Crippen LogP contribution in [0.3, 0.4) is 0 Å². The van der Waals surface area contributed by atoms with E-state index in [1.165, 1.54) is 0 Å². The predicted octanol–water partition coefficient (Wildman–Crippen LogP) is 2.92. The van der Waals surface area contributed by atoms with Gasteiger partial charge in [-0.25, -0.2) is 4.98 Å². The number of halogens is 1. The van der Waals surface area contributed by atoms with Gasteiger partial charge in [-0.3, -0.25) is 9.69 Å². The fraction of sp³-hybridized carbons (Fsp3) is 0.615. The van der Waals surface area contributed by atoms with Crippen molar-refractivity contribution in [1.29, 1.82) is 0 Å². The number of amides is 1. The third-order valence-electron chi connectivity index (χ3n) is 8.63. The van der Waals surface area contributed by atoms with Gasteiger partial charge in [0.25, 0.3) is 0 Å². The number of nitrogens with one attached hydrogen (secondary N) is 1. The lowest BCUT2D eigenvalue weighted by Gasteiger charge is -2.45. The number of nitrogens with zero attached hydrogens (tertiary/aromatic N) is 3. The van der Waals surface area contributed by atoms with Gasteiger partial charge in [-0.2, -0.15) is 0 Å². The van der Waals surface area contributed by atoms with Crippen molar-refractivity contribution in [3.63, 3.8) is 0 Å². The van der Waals surface area contributed by atoms with Crippen LogP contribution >= 0.6 is 11.6 Å². The Balaban J connectivity index is 1.15. The van der Waals surface area contributed by atoms with Crippen molar-refractivity contribution in [3.05, 3.63) is 29.4 Å². The number of benzene rings is 1. The number of hydrogen-bond donors (Lipinski definition) is 2. The van der Waals surface area contributed by atoms with E-state index < -0.39 is 6.10 Å². The standard InChI is InChI=1S/C26H33ClN4O4/c1-25(15-35-14-22(25)32)31-6-4-30(5-7-31)21-10-17-11-23(28-13-18(17)9-20(21)27)29-24(33)19-12-26(19)3-2-8-34-16-26/h9-11,13,19,22,32H,2-8,12,14-16H2,1H3,(H,28,29,33)/t19-,22-,25+,26-/m1/s1. The number of piperazine rings is 1. The predicted molar refractivity (Wildman–Crippen MR) is 135 cm³/mol. The number of aliphatic hydroxyl groups is 1. The summed E-state index contributed by atoms with van der Waals surface area (Å²) in [5, 5.41) is 16.1. The van der Waals surface area contributed by atoms with Crippen molar-refractivity contribution in [3.8, 4) is 0 Å². The van der Waals surface area contributed by atoms with Crippen LogP contribution < -0.4 is 10.2 Å². The Bertz CT molecular complexity index is 1130. The number of pyridine rings is 1. The lowest BCUT2D eigenvalue weighted by molar-refractivity contribution is -0.119. The first-order valence-electron chi connectivity index (χ1n) is 12.6. The van der Waals surface area contributed by atoms with Crippen LogP contribution in [0.5, 0.6) is 0 Å². The largest absolute Gasteiger partial charge is 0.389 e. The summed E-state index contributed by atoms with van der Waals surface area (Å²) in [6.07, 6.45) is 4.31. The molecule has 1 saturated carbocycles. The third-order valence-corrected chi connectivity index (χ3v) is 8.93. The van der Waals surface area contributed by atoms with E-state index in [4.69, 9.17) is 21.1 Å². The summed E-state index contributed by atoms with van der Waals surface area (Å²) < 4.78 is 11.2. The third kappa shape index (κ3) is 4.19. The number of anilines is 2. The van der Waals surface area contributed by atoms with E-state index >= 15 is 0 Å². The molecule has 4 heterocycles. The van der Waals surface area contributed by atoms with Gasteiger partial charge in [0.1, 0.15) is 5.82 Å². The van der Waals surface area contributed by atoms with Crippen molar-refractivity contribution in [1.82, 2.24) is 9.88 Å². The number of fused-ring (bicyclic) bond motifs is 1. The molecular weight excluding hydrogens is 468 g/mol. The van der Waals surface area contributed by atoms with Gasteiger partial charge in [0.05, 0.1) is 42.2 Å². The number of aliphatic hydroxyl groups excluding tert-OH is 1. The van der Waals surface area contributed by atoms with Gasteiger partial charge in [-0.05, 0) is 49.8 Å². The smallest absolute Gasteiger partial charge is 0.229 e. The van der Waals surface area contributed by atoms with E-state index in [-0.39, 0.29) is 22.8 Å². The minimum Gasteiger partial charge on any atom is -0.389 e. The molecular formula is C26H33ClN4O4. The molecule has 1 amide bonds. The summed E-state index contributed by atoms with van der Waals surface area (Å²) in [4.78, 5) is 22.0. The Morgan fingerprint density at radius 2 is 2.00 bits per heavy atom. The van der Waals surface area contributed by atoms with Crippen LogP contribution in [-0.2, 0) is 14.3 Å². The van der Waals surface area contributed by atoms with Gasteiger partial charge in [-0.1, -0.05) is 11.6 Å². The van der Waals surface area contributed by atoms with Crippen LogP contribution in [0.4, 0.5) is 11.5 Å². The summed E-state index contributed by atoms with van der Waals surface area (Å²) in [5.74, 6) is 0.629. The normalized spacial score (nSPS) is 33.4. The highest BCUT2D eigenvalue weighted by atomic mass is 35.5. The Labute approximate surface area is 210 Å². The maximum atomic E-state index is 12.9. The highest BCUT2D eigenvalue weighted by Crippen LogP contribution is 2.57. The van der Waals surface area contributed by atoms with Gasteiger partial charge in [-0.15, -0.1) is 0 Å². The molecule has 6 rings (SSSR count). The van der Waals surface area contributed by atoms with E-state index in [1.54, 1.807) is 6.20 Å². The van der Waals surface area contributed by atoms with Crippen molar-refractivity contribution >= 4 is 39.8 Å². The number of aromatic nitrogens is 1. The van der Waals surface area contributed by atoms with Crippen molar-refractivity contribution in [2.45, 2.75) is 37.8 Å². The van der Waals surface area contributed by atoms with Crippen molar-refractivity contribution in [2.75, 3.05) is 62.8 Å². The number of ether oxygens (including phenoxy) is 2. The monoisotopic (exact) mass is 500 g/mol. The molecule has 4 aliphatic rings. The van der Waals surface area contributed by atoms with Crippen LogP contribution in [-0.4, -0.2) is 85.1 Å². The van der Waals surface area contributed by atoms with Crippen LogP contribution in [0.2, 0.25) is 5.02 Å². The second kappa shape index (κ2) is 8.85. The maximum Gasteiger partial charge on any atom is 0.229 e. The first kappa shape index (κ1) is 23.4. The zero-order valence-electron chi connectivity index (χ0n) is 20.1. The van der Waals surface area contributed by atoms with Gasteiger partial charge in [0, 0.05) is 55.7 Å². The fourth-order valence-corrected chi connectivity index (χ4v) is 6.41. The summed E-state index contributed by atoms with van der Waals surface area (Å²) in [7, 11) is 0. The lowest BCUT2D eigenvalue weighted by atomic mass is 9.95. The molecule has 2 aromatic rings. The molecule has 0 bridgehead atoms. The number of hydrogen-bond acceptors (Lipinski definition) is 7. The zero-order chi connectivity index (χ0) is 24.2. The van der Waals surface area contributed by atoms with Gasteiger partial charge in [0.15, 0.2) is 0 Å². The molecule has 0 radical (unpaired) electrons. The van der Waals surface area contributed by atoms with Crippen LogP contribution in [0, 0.1) is 11.3 Å². The Hall–Kier alpha value is -1.97. The number of carbonyl (C=O) groups is 1. The quantitative estimate of drug-likeness (QED) is 0.667. The SMILES string of the molecule is C[C@]1(N2CCN(c3cc4cc(NC(=O)[C@H]5C[C@@]56CCCOC6)ncc4cc3Cl)CC2)COC[C@H]1O. The average molecular weight is 501 g/mol. The first-order valence-corrected chi connectivity index (χ1v) is 13.0. The minimum atomic E-state index is -0.462. The molecule has 188 valence electrons. The molecule has 1 aromatic heterocycles. The fourth-order valence-electron chi connectivity index (χ4n) is 6.12. The van der Waals surface area contributed by atoms with Crippen LogP contribution in [0.1, 0.15) is 26.2 Å². The summed E-state index contributed by atoms with van der Waals surface area (Å²) in [6.45, 7) is 7.82. The first-order chi connectivity index (χ1) is 16.9. The summed E-state index contributed by atoms with van der Waals surface area (Å²) >= 11 is 6.68. The number of carbonyl (C=O) groups excluding carboxylic acids is 1. The lowest BCUT2D eigenvalue weighted by Crippen LogP contribution is -2.60. The molecule has 1 spiro atoms. The molecule has 35 heavy (non-hydrogen) atoms. The average Bonchev–Trinajstić information content (AvgIpc) is 3.44. The Morgan fingerprint density at radius 1 is 1.17 bits per heavy atom. The van der Waals surface area contributed by atoms with Crippen molar-refractivity contribution < 1.29 is 19.4 Å². The van der Waals surface area contributed by atoms with E-state index in [0.717, 1.165) is 68.5 Å². The van der Waals surface area contributed by atoms with E-state index in [1.807, 2.05) is 12.1 Å². The van der Waals surface area contributed by atoms with E-state index in [9.17, 15) is 9.90 Å². The Morgan fingerprint density at radius 3 is 2.71 bits per heavy atom. The van der Waals surface area contributed by atoms with E-state index in [2.05, 4.69) is 33.1 Å². The molecule has 0 unspecified atom stereocenters. The minimum absolute atomic E-state index is 0.0167. The molecule has 8 nitrogen and oxygen atoms in total. The molecule has 9 heteroatoms. The molecule has 3 saturated heterocycles. The maximum absolute atomic E-state index is 12.9. The molecule has 2 N–H and O–H groups in total. The zero-order valence-corrected chi connectivity index (χ0v) is 20.9. The summed E-state index contributed by atoms with van der Waals surface area (Å²) in [5.41, 5.74) is 0.693. The van der Waals surface area contributed by atoms with Crippen LogP contribution in [0.15, 0.2) is 24.4 Å². The summed E-state index contributed by atoms with van der Waals surface area (Å²) in [6, 6.07) is 5.97. The second-order valence-electron chi connectivity index (χ2n) is 10.8. The number of rotatable bonds is 4.